The fourth-order valence-electron chi connectivity index (χ4n) is 3.27. The van der Waals surface area contributed by atoms with E-state index in [0.717, 1.165) is 23.6 Å². The Kier molecular flexibility index (Phi) is 4.74. The molecule has 0 aliphatic carbocycles. The van der Waals surface area contributed by atoms with Gasteiger partial charge in [-0.1, -0.05) is 0 Å². The highest BCUT2D eigenvalue weighted by Crippen LogP contribution is 2.23. The summed E-state index contributed by atoms with van der Waals surface area (Å²) in [5.74, 6) is -1.28. The largest absolute Gasteiger partial charge is 0.340 e. The summed E-state index contributed by atoms with van der Waals surface area (Å²) >= 11 is 0. The molecular formula is C18H19F2N5O. The molecule has 2 heterocycles. The van der Waals surface area contributed by atoms with E-state index >= 15 is 0 Å². The quantitative estimate of drug-likeness (QED) is 0.902. The summed E-state index contributed by atoms with van der Waals surface area (Å²) < 4.78 is 28.6. The van der Waals surface area contributed by atoms with Crippen molar-refractivity contribution in [2.24, 2.45) is 5.73 Å². The standard InChI is InChI=1S/C18H19F2N5O/c1-18(22)5-2-6-24(11-18)17-23-9-15(20)16(26)25(17)10-13-7-14(19)4-3-12(13)8-21/h3-4,7,9H,2,5-6,10-11,22H2,1H3. The molecule has 1 aliphatic rings. The van der Waals surface area contributed by atoms with Crippen molar-refractivity contribution in [2.75, 3.05) is 18.0 Å². The van der Waals surface area contributed by atoms with Gasteiger partial charge in [0.25, 0.3) is 5.56 Å². The van der Waals surface area contributed by atoms with Crippen molar-refractivity contribution < 1.29 is 8.78 Å². The summed E-state index contributed by atoms with van der Waals surface area (Å²) in [6.07, 6.45) is 2.52. The van der Waals surface area contributed by atoms with E-state index in [0.29, 0.717) is 13.1 Å². The van der Waals surface area contributed by atoms with Gasteiger partial charge in [0.2, 0.25) is 11.8 Å². The molecule has 1 unspecified atom stereocenters. The zero-order valence-electron chi connectivity index (χ0n) is 14.4. The van der Waals surface area contributed by atoms with Crippen molar-refractivity contribution >= 4 is 5.95 Å². The van der Waals surface area contributed by atoms with Gasteiger partial charge in [-0.05, 0) is 43.5 Å². The summed E-state index contributed by atoms with van der Waals surface area (Å²) in [7, 11) is 0. The van der Waals surface area contributed by atoms with E-state index in [1.165, 1.54) is 18.2 Å². The van der Waals surface area contributed by atoms with E-state index < -0.39 is 22.7 Å². The lowest BCUT2D eigenvalue weighted by molar-refractivity contribution is 0.367. The first kappa shape index (κ1) is 18.0. The van der Waals surface area contributed by atoms with Crippen molar-refractivity contribution in [1.29, 1.82) is 5.26 Å². The van der Waals surface area contributed by atoms with Crippen molar-refractivity contribution in [3.05, 3.63) is 57.5 Å². The zero-order chi connectivity index (χ0) is 18.9. The molecule has 0 amide bonds. The van der Waals surface area contributed by atoms with Crippen LogP contribution in [0.15, 0.2) is 29.2 Å². The third-order valence-electron chi connectivity index (χ3n) is 4.51. The van der Waals surface area contributed by atoms with Gasteiger partial charge in [0.15, 0.2) is 0 Å². The average Bonchev–Trinajstić information content (AvgIpc) is 2.58. The number of nitrogens with two attached hydrogens (primary N) is 1. The molecule has 1 aliphatic heterocycles. The fraction of sp³-hybridized carbons (Fsp3) is 0.389. The highest BCUT2D eigenvalue weighted by Gasteiger charge is 2.29. The molecule has 1 fully saturated rings. The SMILES string of the molecule is CC1(N)CCCN(c2ncc(F)c(=O)n2Cc2cc(F)ccc2C#N)C1. The van der Waals surface area contributed by atoms with Gasteiger partial charge >= 0.3 is 0 Å². The minimum atomic E-state index is -1.00. The number of halogens is 2. The highest BCUT2D eigenvalue weighted by molar-refractivity contribution is 5.40. The molecule has 136 valence electrons. The van der Waals surface area contributed by atoms with Crippen LogP contribution in [0, 0.1) is 23.0 Å². The van der Waals surface area contributed by atoms with E-state index in [4.69, 9.17) is 5.73 Å². The Bertz CT molecular complexity index is 932. The predicted molar refractivity (Wildman–Crippen MR) is 92.7 cm³/mol. The second-order valence-electron chi connectivity index (χ2n) is 6.89. The van der Waals surface area contributed by atoms with Crippen LogP contribution in [-0.2, 0) is 6.54 Å². The van der Waals surface area contributed by atoms with Crippen LogP contribution >= 0.6 is 0 Å². The van der Waals surface area contributed by atoms with Gasteiger partial charge < -0.3 is 10.6 Å². The van der Waals surface area contributed by atoms with Gasteiger partial charge in [-0.3, -0.25) is 9.36 Å². The van der Waals surface area contributed by atoms with Crippen molar-refractivity contribution in [3.8, 4) is 6.07 Å². The van der Waals surface area contributed by atoms with Crippen LogP contribution in [0.2, 0.25) is 0 Å². The molecule has 8 heteroatoms. The molecule has 0 bridgehead atoms. The molecular weight excluding hydrogens is 340 g/mol. The average molecular weight is 359 g/mol. The molecule has 1 aromatic heterocycles. The molecule has 1 atom stereocenters. The summed E-state index contributed by atoms with van der Waals surface area (Å²) in [6, 6.07) is 5.63. The van der Waals surface area contributed by atoms with E-state index in [2.05, 4.69) is 4.98 Å². The summed E-state index contributed by atoms with van der Waals surface area (Å²) in [6.45, 7) is 2.83. The molecule has 1 aromatic carbocycles. The third-order valence-corrected chi connectivity index (χ3v) is 4.51. The number of hydrogen-bond donors (Lipinski definition) is 1. The number of nitrogens with zero attached hydrogens (tertiary/aromatic N) is 4. The van der Waals surface area contributed by atoms with Gasteiger partial charge in [0.1, 0.15) is 5.82 Å². The molecule has 0 saturated carbocycles. The second kappa shape index (κ2) is 6.84. The lowest BCUT2D eigenvalue weighted by Gasteiger charge is -2.39. The van der Waals surface area contributed by atoms with Gasteiger partial charge in [-0.15, -0.1) is 0 Å². The minimum Gasteiger partial charge on any atom is -0.340 e. The second-order valence-corrected chi connectivity index (χ2v) is 6.89. The van der Waals surface area contributed by atoms with E-state index in [-0.39, 0.29) is 23.6 Å². The molecule has 0 spiro atoms. The van der Waals surface area contributed by atoms with Crippen LogP contribution < -0.4 is 16.2 Å². The number of aromatic nitrogens is 2. The lowest BCUT2D eigenvalue weighted by Crippen LogP contribution is -2.53. The zero-order valence-corrected chi connectivity index (χ0v) is 14.4. The Morgan fingerprint density at radius 1 is 1.42 bits per heavy atom. The molecule has 2 aromatic rings. The van der Waals surface area contributed by atoms with E-state index in [1.54, 1.807) is 0 Å². The third kappa shape index (κ3) is 3.58. The number of piperidine rings is 1. The molecule has 1 saturated heterocycles. The first-order chi connectivity index (χ1) is 12.3. The number of rotatable bonds is 3. The van der Waals surface area contributed by atoms with Crippen molar-refractivity contribution in [1.82, 2.24) is 9.55 Å². The Balaban J connectivity index is 2.07. The summed E-state index contributed by atoms with van der Waals surface area (Å²) in [5.41, 5.74) is 5.40. The minimum absolute atomic E-state index is 0.155. The maximum Gasteiger partial charge on any atom is 0.291 e. The monoisotopic (exact) mass is 359 g/mol. The lowest BCUT2D eigenvalue weighted by atomic mass is 9.93. The topological polar surface area (TPSA) is 87.9 Å². The first-order valence-electron chi connectivity index (χ1n) is 8.28. The van der Waals surface area contributed by atoms with Gasteiger partial charge in [0.05, 0.1) is 24.4 Å². The smallest absolute Gasteiger partial charge is 0.291 e. The van der Waals surface area contributed by atoms with Crippen LogP contribution in [0.25, 0.3) is 0 Å². The fourth-order valence-corrected chi connectivity index (χ4v) is 3.27. The van der Waals surface area contributed by atoms with Crippen LogP contribution in [0.1, 0.15) is 30.9 Å². The normalized spacial score (nSPS) is 20.0. The van der Waals surface area contributed by atoms with E-state index in [9.17, 15) is 18.8 Å². The molecule has 3 rings (SSSR count). The summed E-state index contributed by atoms with van der Waals surface area (Å²) in [4.78, 5) is 18.3. The van der Waals surface area contributed by atoms with Gasteiger partial charge in [-0.25, -0.2) is 9.37 Å². The Labute approximate surface area is 149 Å². The van der Waals surface area contributed by atoms with Crippen molar-refractivity contribution in [2.45, 2.75) is 31.8 Å². The van der Waals surface area contributed by atoms with Crippen LogP contribution in [0.4, 0.5) is 14.7 Å². The van der Waals surface area contributed by atoms with E-state index in [1.807, 2.05) is 17.9 Å². The van der Waals surface area contributed by atoms with Crippen LogP contribution in [0.5, 0.6) is 0 Å². The van der Waals surface area contributed by atoms with Gasteiger partial charge in [-0.2, -0.15) is 9.65 Å². The molecule has 2 N–H and O–H groups in total. The number of nitriles is 1. The summed E-state index contributed by atoms with van der Waals surface area (Å²) in [5, 5.41) is 9.22. The number of anilines is 1. The van der Waals surface area contributed by atoms with Crippen LogP contribution in [-0.4, -0.2) is 28.2 Å². The molecule has 0 radical (unpaired) electrons. The maximum atomic E-state index is 13.9. The first-order valence-corrected chi connectivity index (χ1v) is 8.28. The number of benzene rings is 1. The Morgan fingerprint density at radius 3 is 2.88 bits per heavy atom. The maximum absolute atomic E-state index is 13.9. The number of hydrogen-bond acceptors (Lipinski definition) is 5. The molecule has 6 nitrogen and oxygen atoms in total. The van der Waals surface area contributed by atoms with Crippen molar-refractivity contribution in [3.63, 3.8) is 0 Å². The highest BCUT2D eigenvalue weighted by atomic mass is 19.1. The Morgan fingerprint density at radius 2 is 2.19 bits per heavy atom. The predicted octanol–water partition coefficient (Wildman–Crippen LogP) is 1.76. The Hall–Kier alpha value is -2.79. The molecule has 26 heavy (non-hydrogen) atoms. The van der Waals surface area contributed by atoms with Crippen LogP contribution in [0.3, 0.4) is 0 Å². The van der Waals surface area contributed by atoms with Gasteiger partial charge in [0, 0.05) is 18.6 Å².